The Hall–Kier alpha value is -0.110. The molecule has 12 heavy (non-hydrogen) atoms. The molecule has 0 saturated carbocycles. The van der Waals surface area contributed by atoms with Gasteiger partial charge in [-0.05, 0) is 18.2 Å². The van der Waals surface area contributed by atoms with Crippen LogP contribution in [0.1, 0.15) is 0 Å². The lowest BCUT2D eigenvalue weighted by Crippen LogP contribution is -2.01. The summed E-state index contributed by atoms with van der Waals surface area (Å²) in [6, 6.07) is 5.39. The first-order valence-corrected chi connectivity index (χ1v) is 4.78. The quantitative estimate of drug-likeness (QED) is 0.773. The summed E-state index contributed by atoms with van der Waals surface area (Å²) in [4.78, 5) is 0. The molecular weight excluding hydrogens is 216 g/mol. The Morgan fingerprint density at radius 2 is 1.92 bits per heavy atom. The molecule has 1 rings (SSSR count). The van der Waals surface area contributed by atoms with Crippen LogP contribution < -0.4 is 5.32 Å². The lowest BCUT2D eigenvalue weighted by atomic mass is 10.3. The largest absolute Gasteiger partial charge is 0.384 e. The van der Waals surface area contributed by atoms with Crippen molar-refractivity contribution in [2.24, 2.45) is 0 Å². The number of nitrogens with one attached hydrogen (secondary N) is 1. The van der Waals surface area contributed by atoms with E-state index in [0.717, 1.165) is 12.2 Å². The number of rotatable bonds is 3. The third-order valence-electron chi connectivity index (χ3n) is 1.34. The molecule has 0 aromatic heterocycles. The van der Waals surface area contributed by atoms with E-state index in [1.54, 1.807) is 12.1 Å². The van der Waals surface area contributed by atoms with Crippen LogP contribution in [-0.4, -0.2) is 12.4 Å². The molecule has 4 heteroatoms. The SMILES string of the molecule is ClCCNc1ccc(Cl)c(Cl)c1. The molecule has 0 aliphatic carbocycles. The third kappa shape index (κ3) is 2.74. The van der Waals surface area contributed by atoms with Gasteiger partial charge >= 0.3 is 0 Å². The van der Waals surface area contributed by atoms with Gasteiger partial charge in [0.1, 0.15) is 0 Å². The predicted octanol–water partition coefficient (Wildman–Crippen LogP) is 3.64. The van der Waals surface area contributed by atoms with Crippen LogP contribution in [0, 0.1) is 0 Å². The van der Waals surface area contributed by atoms with Crippen LogP contribution in [0.5, 0.6) is 0 Å². The van der Waals surface area contributed by atoms with Crippen LogP contribution in [0.25, 0.3) is 0 Å². The number of halogens is 3. The highest BCUT2D eigenvalue weighted by atomic mass is 35.5. The van der Waals surface area contributed by atoms with Crippen LogP contribution in [-0.2, 0) is 0 Å². The zero-order valence-electron chi connectivity index (χ0n) is 6.28. The van der Waals surface area contributed by atoms with Crippen molar-refractivity contribution in [3.8, 4) is 0 Å². The summed E-state index contributed by atoms with van der Waals surface area (Å²) in [5, 5.41) is 4.20. The number of hydrogen-bond acceptors (Lipinski definition) is 1. The average Bonchev–Trinajstić information content (AvgIpc) is 2.07. The van der Waals surface area contributed by atoms with E-state index in [1.807, 2.05) is 6.07 Å². The molecule has 0 fully saturated rings. The van der Waals surface area contributed by atoms with E-state index < -0.39 is 0 Å². The second kappa shape index (κ2) is 4.80. The average molecular weight is 225 g/mol. The number of alkyl halides is 1. The van der Waals surface area contributed by atoms with Crippen LogP contribution in [0.15, 0.2) is 18.2 Å². The van der Waals surface area contributed by atoms with E-state index >= 15 is 0 Å². The Labute approximate surface area is 86.6 Å². The Kier molecular flexibility index (Phi) is 3.99. The van der Waals surface area contributed by atoms with E-state index in [-0.39, 0.29) is 0 Å². The summed E-state index contributed by atoms with van der Waals surface area (Å²) in [7, 11) is 0. The Morgan fingerprint density at radius 1 is 1.17 bits per heavy atom. The van der Waals surface area contributed by atoms with Gasteiger partial charge in [0.25, 0.3) is 0 Å². The lowest BCUT2D eigenvalue weighted by Gasteiger charge is -2.04. The molecule has 0 saturated heterocycles. The zero-order chi connectivity index (χ0) is 8.97. The molecule has 0 amide bonds. The second-order valence-electron chi connectivity index (χ2n) is 2.24. The highest BCUT2D eigenvalue weighted by Gasteiger charge is 1.97. The topological polar surface area (TPSA) is 12.0 Å². The van der Waals surface area contributed by atoms with Crippen molar-refractivity contribution < 1.29 is 0 Å². The van der Waals surface area contributed by atoms with Gasteiger partial charge in [-0.3, -0.25) is 0 Å². The minimum Gasteiger partial charge on any atom is -0.384 e. The molecule has 0 aliphatic rings. The number of hydrogen-bond donors (Lipinski definition) is 1. The molecule has 0 spiro atoms. The first-order valence-electron chi connectivity index (χ1n) is 3.49. The Morgan fingerprint density at radius 3 is 2.50 bits per heavy atom. The van der Waals surface area contributed by atoms with Gasteiger partial charge in [0.2, 0.25) is 0 Å². The van der Waals surface area contributed by atoms with E-state index in [1.165, 1.54) is 0 Å². The van der Waals surface area contributed by atoms with Gasteiger partial charge in [-0.15, -0.1) is 11.6 Å². The van der Waals surface area contributed by atoms with Crippen molar-refractivity contribution in [1.82, 2.24) is 0 Å². The minimum absolute atomic E-state index is 0.552. The fourth-order valence-electron chi connectivity index (χ4n) is 0.798. The summed E-state index contributed by atoms with van der Waals surface area (Å²) in [6.07, 6.45) is 0. The van der Waals surface area contributed by atoms with Gasteiger partial charge in [0.15, 0.2) is 0 Å². The van der Waals surface area contributed by atoms with Crippen LogP contribution >= 0.6 is 34.8 Å². The molecule has 0 heterocycles. The molecular formula is C8H8Cl3N. The standard InChI is InChI=1S/C8H8Cl3N/c9-3-4-12-6-1-2-7(10)8(11)5-6/h1-2,5,12H,3-4H2. The second-order valence-corrected chi connectivity index (χ2v) is 3.44. The van der Waals surface area contributed by atoms with E-state index in [2.05, 4.69) is 5.32 Å². The molecule has 1 N–H and O–H groups in total. The van der Waals surface area contributed by atoms with Crippen LogP contribution in [0.3, 0.4) is 0 Å². The molecule has 0 radical (unpaired) electrons. The van der Waals surface area contributed by atoms with Gasteiger partial charge in [-0.25, -0.2) is 0 Å². The smallest absolute Gasteiger partial charge is 0.0612 e. The fraction of sp³-hybridized carbons (Fsp3) is 0.250. The monoisotopic (exact) mass is 223 g/mol. The van der Waals surface area contributed by atoms with E-state index in [4.69, 9.17) is 34.8 Å². The van der Waals surface area contributed by atoms with Crippen molar-refractivity contribution in [3.05, 3.63) is 28.2 Å². The Balaban J connectivity index is 2.69. The maximum atomic E-state index is 5.79. The van der Waals surface area contributed by atoms with Crippen molar-refractivity contribution in [2.75, 3.05) is 17.7 Å². The maximum absolute atomic E-state index is 5.79. The molecule has 0 bridgehead atoms. The predicted molar refractivity (Wildman–Crippen MR) is 55.7 cm³/mol. The molecule has 1 aromatic rings. The number of benzene rings is 1. The third-order valence-corrected chi connectivity index (χ3v) is 2.27. The van der Waals surface area contributed by atoms with Crippen LogP contribution in [0.2, 0.25) is 10.0 Å². The minimum atomic E-state index is 0.552. The Bertz CT molecular complexity index is 262. The van der Waals surface area contributed by atoms with Gasteiger partial charge in [0, 0.05) is 18.1 Å². The lowest BCUT2D eigenvalue weighted by molar-refractivity contribution is 1.22. The summed E-state index contributed by atoms with van der Waals surface area (Å²) in [6.45, 7) is 0.722. The molecule has 66 valence electrons. The fourth-order valence-corrected chi connectivity index (χ4v) is 1.19. The highest BCUT2D eigenvalue weighted by molar-refractivity contribution is 6.42. The first kappa shape index (κ1) is 9.97. The highest BCUT2D eigenvalue weighted by Crippen LogP contribution is 2.24. The van der Waals surface area contributed by atoms with E-state index in [9.17, 15) is 0 Å². The van der Waals surface area contributed by atoms with Crippen molar-refractivity contribution in [1.29, 1.82) is 0 Å². The molecule has 1 nitrogen and oxygen atoms in total. The van der Waals surface area contributed by atoms with E-state index in [0.29, 0.717) is 15.9 Å². The zero-order valence-corrected chi connectivity index (χ0v) is 8.55. The van der Waals surface area contributed by atoms with Gasteiger partial charge in [-0.1, -0.05) is 23.2 Å². The summed E-state index contributed by atoms with van der Waals surface area (Å²) >= 11 is 17.0. The van der Waals surface area contributed by atoms with Gasteiger partial charge in [-0.2, -0.15) is 0 Å². The van der Waals surface area contributed by atoms with Crippen LogP contribution in [0.4, 0.5) is 5.69 Å². The normalized spacial score (nSPS) is 9.92. The molecule has 0 unspecified atom stereocenters. The summed E-state index contributed by atoms with van der Waals surface area (Å²) in [5.41, 5.74) is 0.935. The molecule has 0 atom stereocenters. The number of anilines is 1. The molecule has 0 aliphatic heterocycles. The van der Waals surface area contributed by atoms with Crippen molar-refractivity contribution >= 4 is 40.5 Å². The van der Waals surface area contributed by atoms with Gasteiger partial charge < -0.3 is 5.32 Å². The van der Waals surface area contributed by atoms with Crippen molar-refractivity contribution in [2.45, 2.75) is 0 Å². The maximum Gasteiger partial charge on any atom is 0.0612 e. The molecule has 1 aromatic carbocycles. The van der Waals surface area contributed by atoms with Gasteiger partial charge in [0.05, 0.1) is 10.0 Å². The summed E-state index contributed by atoms with van der Waals surface area (Å²) in [5.74, 6) is 0.570. The first-order chi connectivity index (χ1) is 5.74. The van der Waals surface area contributed by atoms with Crippen molar-refractivity contribution in [3.63, 3.8) is 0 Å². The summed E-state index contributed by atoms with van der Waals surface area (Å²) < 4.78 is 0.